The molecule has 0 aliphatic carbocycles. The Morgan fingerprint density at radius 3 is 2.40 bits per heavy atom. The molecule has 1 aliphatic rings. The first-order valence-electron chi connectivity index (χ1n) is 12.6. The molecule has 1 fully saturated rings. The summed E-state index contributed by atoms with van der Waals surface area (Å²) in [5, 5.41) is 7.74. The van der Waals surface area contributed by atoms with Gasteiger partial charge in [0.05, 0.1) is 7.14 Å². The standard InChI is InChI=1S/C31H25I2N3O4/c1-2-21-7-5-6-10-26(21)34-28(37)17-36-30(38)27(35-31(36)39)16-20-14-24(32)29(25(33)15-20)40-18-19-11-12-22-8-3-4-9-23(22)13-19/h3-16H,2,17-18H2,1H3,(H,34,37)(H,35,39)/b27-16+. The number of benzene rings is 4. The number of rotatable bonds is 8. The lowest BCUT2D eigenvalue weighted by Crippen LogP contribution is -2.38. The number of amides is 4. The summed E-state index contributed by atoms with van der Waals surface area (Å²) in [6, 6.07) is 25.1. The van der Waals surface area contributed by atoms with Crippen LogP contribution >= 0.6 is 45.2 Å². The van der Waals surface area contributed by atoms with Gasteiger partial charge in [0.25, 0.3) is 5.91 Å². The molecule has 40 heavy (non-hydrogen) atoms. The number of fused-ring (bicyclic) bond motifs is 1. The topological polar surface area (TPSA) is 87.7 Å². The van der Waals surface area contributed by atoms with Crippen molar-refractivity contribution in [3.8, 4) is 5.75 Å². The van der Waals surface area contributed by atoms with Crippen LogP contribution in [0.5, 0.6) is 5.75 Å². The van der Waals surface area contributed by atoms with Crippen molar-refractivity contribution in [3.63, 3.8) is 0 Å². The smallest absolute Gasteiger partial charge is 0.329 e. The van der Waals surface area contributed by atoms with Crippen LogP contribution in [0.15, 0.2) is 84.6 Å². The molecule has 9 heteroatoms. The molecule has 7 nitrogen and oxygen atoms in total. The summed E-state index contributed by atoms with van der Waals surface area (Å²) in [5.41, 5.74) is 3.56. The van der Waals surface area contributed by atoms with Crippen LogP contribution in [-0.2, 0) is 22.6 Å². The molecular weight excluding hydrogens is 732 g/mol. The Morgan fingerprint density at radius 2 is 1.65 bits per heavy atom. The van der Waals surface area contributed by atoms with Gasteiger partial charge < -0.3 is 15.4 Å². The number of anilines is 1. The average Bonchev–Trinajstić information content (AvgIpc) is 3.19. The average molecular weight is 757 g/mol. The third-order valence-corrected chi connectivity index (χ3v) is 8.07. The minimum absolute atomic E-state index is 0.114. The van der Waals surface area contributed by atoms with Crippen LogP contribution in [0.25, 0.3) is 16.8 Å². The van der Waals surface area contributed by atoms with E-state index in [1.807, 2.05) is 49.4 Å². The molecule has 0 radical (unpaired) electrons. The molecule has 1 saturated heterocycles. The van der Waals surface area contributed by atoms with Crippen molar-refractivity contribution in [2.45, 2.75) is 20.0 Å². The van der Waals surface area contributed by atoms with Crippen molar-refractivity contribution in [1.82, 2.24) is 10.2 Å². The minimum atomic E-state index is -0.630. The highest BCUT2D eigenvalue weighted by atomic mass is 127. The van der Waals surface area contributed by atoms with Crippen LogP contribution in [0.2, 0.25) is 0 Å². The predicted molar refractivity (Wildman–Crippen MR) is 173 cm³/mol. The Kier molecular flexibility index (Phi) is 8.69. The number of ether oxygens (including phenoxy) is 1. The van der Waals surface area contributed by atoms with Gasteiger partial charge in [0.1, 0.15) is 24.6 Å². The van der Waals surface area contributed by atoms with Crippen molar-refractivity contribution < 1.29 is 19.1 Å². The van der Waals surface area contributed by atoms with E-state index in [2.05, 4.69) is 86.1 Å². The monoisotopic (exact) mass is 757 g/mol. The SMILES string of the molecule is CCc1ccccc1NC(=O)CN1C(=O)N/C(=C/c2cc(I)c(OCc3ccc4ccccc4c3)c(I)c2)C1=O. The summed E-state index contributed by atoms with van der Waals surface area (Å²) in [7, 11) is 0. The zero-order chi connectivity index (χ0) is 28.2. The summed E-state index contributed by atoms with van der Waals surface area (Å²) in [5.74, 6) is -0.239. The molecule has 2 N–H and O–H groups in total. The highest BCUT2D eigenvalue weighted by Gasteiger charge is 2.35. The lowest BCUT2D eigenvalue weighted by Gasteiger charge is -2.14. The van der Waals surface area contributed by atoms with Crippen LogP contribution in [0.1, 0.15) is 23.6 Å². The number of carbonyl (C=O) groups excluding carboxylic acids is 3. The van der Waals surface area contributed by atoms with E-state index in [0.717, 1.165) is 46.3 Å². The van der Waals surface area contributed by atoms with Crippen molar-refractivity contribution >= 4 is 85.6 Å². The number of para-hydroxylation sites is 1. The normalized spacial score (nSPS) is 14.1. The fourth-order valence-electron chi connectivity index (χ4n) is 4.45. The lowest BCUT2D eigenvalue weighted by molar-refractivity contribution is -0.127. The van der Waals surface area contributed by atoms with Gasteiger partial charge in [0.2, 0.25) is 5.91 Å². The third-order valence-electron chi connectivity index (χ3n) is 6.47. The Hall–Kier alpha value is -3.45. The molecule has 0 aromatic heterocycles. The third kappa shape index (κ3) is 6.30. The zero-order valence-electron chi connectivity index (χ0n) is 21.5. The molecule has 0 bridgehead atoms. The van der Waals surface area contributed by atoms with Gasteiger partial charge in [-0.05, 0) is 109 Å². The number of hydrogen-bond donors (Lipinski definition) is 2. The van der Waals surface area contributed by atoms with Crippen molar-refractivity contribution in [2.24, 2.45) is 0 Å². The van der Waals surface area contributed by atoms with Gasteiger partial charge in [-0.1, -0.05) is 61.5 Å². The number of imide groups is 1. The quantitative estimate of drug-likeness (QED) is 0.119. The first-order valence-corrected chi connectivity index (χ1v) is 14.8. The van der Waals surface area contributed by atoms with Crippen molar-refractivity contribution in [1.29, 1.82) is 0 Å². The second-order valence-corrected chi connectivity index (χ2v) is 11.5. The molecule has 5 rings (SSSR count). The largest absolute Gasteiger partial charge is 0.487 e. The summed E-state index contributed by atoms with van der Waals surface area (Å²) in [6.07, 6.45) is 2.36. The van der Waals surface area contributed by atoms with Crippen molar-refractivity contribution in [3.05, 3.63) is 108 Å². The molecule has 0 atom stereocenters. The fraction of sp³-hybridized carbons (Fsp3) is 0.129. The molecule has 202 valence electrons. The number of halogens is 2. The number of nitrogens with one attached hydrogen (secondary N) is 2. The van der Waals surface area contributed by atoms with E-state index >= 15 is 0 Å². The molecule has 0 unspecified atom stereocenters. The van der Waals surface area contributed by atoms with Crippen LogP contribution in [-0.4, -0.2) is 29.3 Å². The van der Waals surface area contributed by atoms with Gasteiger partial charge in [0.15, 0.2) is 0 Å². The van der Waals surface area contributed by atoms with Gasteiger partial charge in [-0.25, -0.2) is 9.69 Å². The van der Waals surface area contributed by atoms with Crippen LogP contribution in [0.4, 0.5) is 10.5 Å². The van der Waals surface area contributed by atoms with E-state index in [1.165, 1.54) is 5.39 Å². The second-order valence-electron chi connectivity index (χ2n) is 9.22. The van der Waals surface area contributed by atoms with Crippen LogP contribution in [0.3, 0.4) is 0 Å². The Bertz CT molecular complexity index is 1640. The fourth-order valence-corrected chi connectivity index (χ4v) is 6.58. The van der Waals surface area contributed by atoms with E-state index in [-0.39, 0.29) is 12.2 Å². The molecule has 0 spiro atoms. The Labute approximate surface area is 259 Å². The van der Waals surface area contributed by atoms with Gasteiger partial charge in [0, 0.05) is 5.69 Å². The van der Waals surface area contributed by atoms with Crippen LogP contribution in [0, 0.1) is 7.14 Å². The number of hydrogen-bond acceptors (Lipinski definition) is 4. The summed E-state index contributed by atoms with van der Waals surface area (Å²) < 4.78 is 7.92. The first-order chi connectivity index (χ1) is 19.3. The second kappa shape index (κ2) is 12.4. The van der Waals surface area contributed by atoms with E-state index in [9.17, 15) is 14.4 Å². The highest BCUT2D eigenvalue weighted by Crippen LogP contribution is 2.31. The number of nitrogens with zero attached hydrogens (tertiary/aromatic N) is 1. The number of urea groups is 1. The van der Waals surface area contributed by atoms with E-state index in [4.69, 9.17) is 4.74 Å². The molecule has 0 saturated carbocycles. The summed E-state index contributed by atoms with van der Waals surface area (Å²) in [6.45, 7) is 2.04. The van der Waals surface area contributed by atoms with Gasteiger partial charge >= 0.3 is 6.03 Å². The first kappa shape index (κ1) is 28.1. The maximum absolute atomic E-state index is 13.0. The van der Waals surface area contributed by atoms with Crippen molar-refractivity contribution in [2.75, 3.05) is 11.9 Å². The molecular formula is C31H25I2N3O4. The molecule has 1 heterocycles. The van der Waals surface area contributed by atoms with E-state index < -0.39 is 17.8 Å². The zero-order valence-corrected chi connectivity index (χ0v) is 25.9. The maximum Gasteiger partial charge on any atom is 0.329 e. The predicted octanol–water partition coefficient (Wildman–Crippen LogP) is 6.72. The van der Waals surface area contributed by atoms with Gasteiger partial charge in [-0.15, -0.1) is 0 Å². The highest BCUT2D eigenvalue weighted by molar-refractivity contribution is 14.1. The Morgan fingerprint density at radius 1 is 0.950 bits per heavy atom. The molecule has 1 aliphatic heterocycles. The number of aryl methyl sites for hydroxylation is 1. The Balaban J connectivity index is 1.26. The number of carbonyl (C=O) groups is 3. The van der Waals surface area contributed by atoms with E-state index in [1.54, 1.807) is 12.1 Å². The molecule has 4 amide bonds. The van der Waals surface area contributed by atoms with Gasteiger partial charge in [-0.2, -0.15) is 0 Å². The minimum Gasteiger partial charge on any atom is -0.487 e. The molecule has 4 aromatic rings. The summed E-state index contributed by atoms with van der Waals surface area (Å²) in [4.78, 5) is 39.1. The van der Waals surface area contributed by atoms with Crippen LogP contribution < -0.4 is 15.4 Å². The summed E-state index contributed by atoms with van der Waals surface area (Å²) >= 11 is 4.41. The molecule has 4 aromatic carbocycles. The lowest BCUT2D eigenvalue weighted by atomic mass is 10.1. The maximum atomic E-state index is 13.0. The van der Waals surface area contributed by atoms with Gasteiger partial charge in [-0.3, -0.25) is 9.59 Å². The van der Waals surface area contributed by atoms with E-state index in [0.29, 0.717) is 12.3 Å².